The van der Waals surface area contributed by atoms with Gasteiger partial charge < -0.3 is 15.4 Å². The average Bonchev–Trinajstić information content (AvgIpc) is 2.24. The molecule has 0 radical (unpaired) electrons. The average molecular weight is 210 g/mol. The number of hydrogen-bond donors (Lipinski definition) is 1. The zero-order valence-electron chi connectivity index (χ0n) is 9.31. The first-order chi connectivity index (χ1) is 7.27. The van der Waals surface area contributed by atoms with Crippen LogP contribution >= 0.6 is 0 Å². The van der Waals surface area contributed by atoms with Crippen molar-refractivity contribution in [3.63, 3.8) is 0 Å². The highest BCUT2D eigenvalue weighted by molar-refractivity contribution is 5.38. The van der Waals surface area contributed by atoms with E-state index in [9.17, 15) is 0 Å². The van der Waals surface area contributed by atoms with E-state index in [0.717, 1.165) is 24.5 Å². The predicted molar refractivity (Wildman–Crippen MR) is 59.9 cm³/mol. The van der Waals surface area contributed by atoms with Gasteiger partial charge in [-0.25, -0.2) is 0 Å². The third-order valence-corrected chi connectivity index (χ3v) is 2.07. The molecule has 0 atom stereocenters. The van der Waals surface area contributed by atoms with E-state index < -0.39 is 0 Å². The Morgan fingerprint density at radius 3 is 2.87 bits per heavy atom. The highest BCUT2D eigenvalue weighted by Gasteiger charge is 2.06. The lowest BCUT2D eigenvalue weighted by atomic mass is 10.3. The number of anilines is 1. The second kappa shape index (κ2) is 6.31. The van der Waals surface area contributed by atoms with Crippen molar-refractivity contribution < 1.29 is 4.74 Å². The summed E-state index contributed by atoms with van der Waals surface area (Å²) < 4.78 is 5.04. The molecule has 1 rings (SSSR count). The van der Waals surface area contributed by atoms with Crippen LogP contribution in [0.3, 0.4) is 0 Å². The number of aromatic nitrogens is 2. The summed E-state index contributed by atoms with van der Waals surface area (Å²) in [6.45, 7) is 4.80. The van der Waals surface area contributed by atoms with Gasteiger partial charge in [-0.15, -0.1) is 5.10 Å². The highest BCUT2D eigenvalue weighted by Crippen LogP contribution is 2.09. The molecule has 0 amide bonds. The lowest BCUT2D eigenvalue weighted by Crippen LogP contribution is -2.33. The molecule has 1 aromatic rings. The molecule has 1 aromatic heterocycles. The zero-order valence-corrected chi connectivity index (χ0v) is 9.31. The fourth-order valence-corrected chi connectivity index (χ4v) is 1.30. The summed E-state index contributed by atoms with van der Waals surface area (Å²) in [7, 11) is 1.68. The van der Waals surface area contributed by atoms with Gasteiger partial charge >= 0.3 is 0 Å². The summed E-state index contributed by atoms with van der Waals surface area (Å²) in [6, 6.07) is 2.00. The fraction of sp³-hybridized carbons (Fsp3) is 0.600. The Labute approximate surface area is 90.2 Å². The Balaban J connectivity index is 2.69. The van der Waals surface area contributed by atoms with Crippen LogP contribution in [-0.2, 0) is 4.74 Å². The van der Waals surface area contributed by atoms with Gasteiger partial charge in [-0.1, -0.05) is 0 Å². The Kier molecular flexibility index (Phi) is 5.00. The van der Waals surface area contributed by atoms with E-state index in [2.05, 4.69) is 15.1 Å². The molecule has 1 heterocycles. The second-order valence-electron chi connectivity index (χ2n) is 3.36. The second-order valence-corrected chi connectivity index (χ2v) is 3.36. The van der Waals surface area contributed by atoms with Gasteiger partial charge in [0.05, 0.1) is 12.8 Å². The van der Waals surface area contributed by atoms with Crippen LogP contribution in [0.15, 0.2) is 12.3 Å². The molecule has 84 valence electrons. The molecule has 0 aliphatic rings. The number of nitrogens with zero attached hydrogens (tertiary/aromatic N) is 3. The van der Waals surface area contributed by atoms with Gasteiger partial charge in [-0.2, -0.15) is 5.10 Å². The van der Waals surface area contributed by atoms with Crippen LogP contribution in [0.4, 0.5) is 5.82 Å². The van der Waals surface area contributed by atoms with Crippen LogP contribution in [0.5, 0.6) is 0 Å². The van der Waals surface area contributed by atoms with Crippen molar-refractivity contribution in [3.8, 4) is 0 Å². The lowest BCUT2D eigenvalue weighted by molar-refractivity contribution is 0.205. The van der Waals surface area contributed by atoms with Crippen molar-refractivity contribution in [3.05, 3.63) is 17.8 Å². The topological polar surface area (TPSA) is 64.3 Å². The molecule has 0 bridgehead atoms. The molecular formula is C10H18N4O. The molecule has 0 unspecified atom stereocenters. The van der Waals surface area contributed by atoms with Gasteiger partial charge in [0.2, 0.25) is 0 Å². The van der Waals surface area contributed by atoms with Gasteiger partial charge in [-0.05, 0) is 18.6 Å². The van der Waals surface area contributed by atoms with Crippen LogP contribution < -0.4 is 10.6 Å². The summed E-state index contributed by atoms with van der Waals surface area (Å²) in [6.07, 6.45) is 1.74. The summed E-state index contributed by atoms with van der Waals surface area (Å²) >= 11 is 0. The van der Waals surface area contributed by atoms with Crippen molar-refractivity contribution in [2.75, 3.05) is 38.3 Å². The molecule has 15 heavy (non-hydrogen) atoms. The quantitative estimate of drug-likeness (QED) is 0.726. The molecule has 5 nitrogen and oxygen atoms in total. The molecule has 0 aliphatic carbocycles. The van der Waals surface area contributed by atoms with Crippen molar-refractivity contribution in [2.24, 2.45) is 5.73 Å². The molecule has 0 fully saturated rings. The van der Waals surface area contributed by atoms with E-state index in [-0.39, 0.29) is 0 Å². The molecule has 0 saturated carbocycles. The minimum atomic E-state index is 0.597. The van der Waals surface area contributed by atoms with Gasteiger partial charge in [0, 0.05) is 26.7 Å². The Morgan fingerprint density at radius 2 is 2.27 bits per heavy atom. The van der Waals surface area contributed by atoms with Gasteiger partial charge in [0.25, 0.3) is 0 Å². The number of nitrogens with two attached hydrogens (primary N) is 1. The van der Waals surface area contributed by atoms with Crippen molar-refractivity contribution in [1.82, 2.24) is 10.2 Å². The van der Waals surface area contributed by atoms with Crippen LogP contribution in [0.25, 0.3) is 0 Å². The van der Waals surface area contributed by atoms with Crippen LogP contribution in [-0.4, -0.2) is 43.5 Å². The van der Waals surface area contributed by atoms with Crippen LogP contribution in [0.1, 0.15) is 5.56 Å². The maximum Gasteiger partial charge on any atom is 0.151 e. The smallest absolute Gasteiger partial charge is 0.151 e. The largest absolute Gasteiger partial charge is 0.383 e. The maximum absolute atomic E-state index is 5.55. The Morgan fingerprint density at radius 1 is 1.47 bits per heavy atom. The van der Waals surface area contributed by atoms with Crippen molar-refractivity contribution in [1.29, 1.82) is 0 Å². The van der Waals surface area contributed by atoms with E-state index in [4.69, 9.17) is 10.5 Å². The van der Waals surface area contributed by atoms with E-state index in [1.807, 2.05) is 13.0 Å². The number of rotatable bonds is 6. The molecule has 0 aromatic carbocycles. The summed E-state index contributed by atoms with van der Waals surface area (Å²) in [4.78, 5) is 2.07. The van der Waals surface area contributed by atoms with Gasteiger partial charge in [0.15, 0.2) is 5.82 Å². The molecule has 0 aliphatic heterocycles. The number of methoxy groups -OCH3 is 1. The summed E-state index contributed by atoms with van der Waals surface area (Å²) in [5, 5.41) is 8.00. The molecule has 5 heteroatoms. The third-order valence-electron chi connectivity index (χ3n) is 2.07. The van der Waals surface area contributed by atoms with Crippen LogP contribution in [0, 0.1) is 6.92 Å². The first-order valence-corrected chi connectivity index (χ1v) is 5.01. The predicted octanol–water partition coefficient (Wildman–Crippen LogP) is 0.197. The van der Waals surface area contributed by atoms with Crippen molar-refractivity contribution in [2.45, 2.75) is 6.92 Å². The molecule has 0 spiro atoms. The summed E-state index contributed by atoms with van der Waals surface area (Å²) in [5.74, 6) is 0.859. The molecule has 0 saturated heterocycles. The first kappa shape index (κ1) is 11.9. The standard InChI is InChI=1S/C10H18N4O/c1-9-7-10(13-12-8-9)14(4-3-11)5-6-15-2/h7-8H,3-6,11H2,1-2H3. The fourth-order valence-electron chi connectivity index (χ4n) is 1.30. The Bertz CT molecular complexity index is 293. The zero-order chi connectivity index (χ0) is 11.1. The normalized spacial score (nSPS) is 10.3. The lowest BCUT2D eigenvalue weighted by Gasteiger charge is -2.22. The minimum absolute atomic E-state index is 0.597. The van der Waals surface area contributed by atoms with E-state index in [1.54, 1.807) is 13.3 Å². The molecular weight excluding hydrogens is 192 g/mol. The number of ether oxygens (including phenoxy) is 1. The maximum atomic E-state index is 5.55. The first-order valence-electron chi connectivity index (χ1n) is 5.01. The highest BCUT2D eigenvalue weighted by atomic mass is 16.5. The monoisotopic (exact) mass is 210 g/mol. The van der Waals surface area contributed by atoms with Crippen LogP contribution in [0.2, 0.25) is 0 Å². The number of hydrogen-bond acceptors (Lipinski definition) is 5. The van der Waals surface area contributed by atoms with E-state index >= 15 is 0 Å². The van der Waals surface area contributed by atoms with Gasteiger partial charge in [0.1, 0.15) is 0 Å². The SMILES string of the molecule is COCCN(CCN)c1cc(C)cnn1. The van der Waals surface area contributed by atoms with Gasteiger partial charge in [-0.3, -0.25) is 0 Å². The van der Waals surface area contributed by atoms with E-state index in [0.29, 0.717) is 13.2 Å². The van der Waals surface area contributed by atoms with Crippen molar-refractivity contribution >= 4 is 5.82 Å². The summed E-state index contributed by atoms with van der Waals surface area (Å²) in [5.41, 5.74) is 6.64. The van der Waals surface area contributed by atoms with E-state index in [1.165, 1.54) is 0 Å². The molecule has 2 N–H and O–H groups in total. The minimum Gasteiger partial charge on any atom is -0.383 e. The third kappa shape index (κ3) is 3.81. The Hall–Kier alpha value is -1.20. The number of aryl methyl sites for hydroxylation is 1.